The van der Waals surface area contributed by atoms with Gasteiger partial charge in [0.2, 0.25) is 5.91 Å². The molecule has 0 radical (unpaired) electrons. The zero-order valence-electron chi connectivity index (χ0n) is 13.6. The first kappa shape index (κ1) is 17.5. The Morgan fingerprint density at radius 3 is 2.74 bits per heavy atom. The number of nitrogens with one attached hydrogen (secondary N) is 1. The van der Waals surface area contributed by atoms with Crippen molar-refractivity contribution in [1.29, 1.82) is 0 Å². The Kier molecular flexibility index (Phi) is 5.77. The zero-order valence-corrected chi connectivity index (χ0v) is 14.4. The first-order valence-corrected chi connectivity index (χ1v) is 8.73. The lowest BCUT2D eigenvalue weighted by Crippen LogP contribution is -2.31. The minimum atomic E-state index is -0.837. The van der Waals surface area contributed by atoms with Gasteiger partial charge in [0, 0.05) is 17.7 Å². The van der Waals surface area contributed by atoms with E-state index in [1.165, 1.54) is 15.6 Å². The number of carboxylic acid groups (broad SMARTS) is 1. The first-order chi connectivity index (χ1) is 10.9. The van der Waals surface area contributed by atoms with Gasteiger partial charge in [-0.15, -0.1) is 11.3 Å². The number of rotatable bonds is 8. The number of amides is 1. The smallest absolute Gasteiger partial charge is 0.309 e. The number of aryl methyl sites for hydroxylation is 1. The van der Waals surface area contributed by atoms with E-state index in [9.17, 15) is 9.59 Å². The number of thiophene rings is 1. The summed E-state index contributed by atoms with van der Waals surface area (Å²) in [7, 11) is 0. The molecular weight excluding hydrogens is 310 g/mol. The second kappa shape index (κ2) is 7.59. The lowest BCUT2D eigenvalue weighted by atomic mass is 9.90. The van der Waals surface area contributed by atoms with Gasteiger partial charge in [-0.2, -0.15) is 0 Å². The SMILES string of the molecule is CC(C)(CCNC(=O)CCCc1csc2ccccc12)C(=O)O. The monoisotopic (exact) mass is 333 g/mol. The molecule has 1 heterocycles. The molecule has 2 aromatic rings. The van der Waals surface area contributed by atoms with Crippen LogP contribution in [0.15, 0.2) is 29.6 Å². The fourth-order valence-corrected chi connectivity index (χ4v) is 3.37. The van der Waals surface area contributed by atoms with Crippen molar-refractivity contribution in [2.24, 2.45) is 5.41 Å². The molecule has 0 unspecified atom stereocenters. The van der Waals surface area contributed by atoms with Crippen molar-refractivity contribution in [1.82, 2.24) is 5.32 Å². The highest BCUT2D eigenvalue weighted by Crippen LogP contribution is 2.26. The van der Waals surface area contributed by atoms with Gasteiger partial charge in [0.1, 0.15) is 0 Å². The summed E-state index contributed by atoms with van der Waals surface area (Å²) in [6.45, 7) is 3.74. The molecule has 0 saturated heterocycles. The molecule has 0 fully saturated rings. The Bertz CT molecular complexity index is 690. The molecule has 0 aliphatic heterocycles. The molecule has 0 aliphatic rings. The van der Waals surface area contributed by atoms with E-state index in [1.54, 1.807) is 25.2 Å². The zero-order chi connectivity index (χ0) is 16.9. The molecule has 1 aromatic heterocycles. The molecule has 0 bridgehead atoms. The molecule has 5 heteroatoms. The van der Waals surface area contributed by atoms with Crippen LogP contribution in [-0.4, -0.2) is 23.5 Å². The summed E-state index contributed by atoms with van der Waals surface area (Å²) in [6, 6.07) is 8.31. The summed E-state index contributed by atoms with van der Waals surface area (Å²) in [5, 5.41) is 15.3. The van der Waals surface area contributed by atoms with Crippen LogP contribution in [0.3, 0.4) is 0 Å². The van der Waals surface area contributed by atoms with Crippen LogP contribution in [0.1, 0.15) is 38.7 Å². The second-order valence-electron chi connectivity index (χ2n) is 6.40. The molecule has 2 rings (SSSR count). The van der Waals surface area contributed by atoms with E-state index >= 15 is 0 Å². The largest absolute Gasteiger partial charge is 0.481 e. The fourth-order valence-electron chi connectivity index (χ4n) is 2.38. The van der Waals surface area contributed by atoms with Gasteiger partial charge in [0.25, 0.3) is 0 Å². The van der Waals surface area contributed by atoms with E-state index in [0.717, 1.165) is 12.8 Å². The van der Waals surface area contributed by atoms with Crippen molar-refractivity contribution in [2.75, 3.05) is 6.54 Å². The average Bonchev–Trinajstić information content (AvgIpc) is 2.90. The maximum atomic E-state index is 11.8. The number of hydrogen-bond acceptors (Lipinski definition) is 3. The van der Waals surface area contributed by atoms with E-state index in [4.69, 9.17) is 5.11 Å². The van der Waals surface area contributed by atoms with Crippen LogP contribution in [0.4, 0.5) is 0 Å². The number of carbonyl (C=O) groups excluding carboxylic acids is 1. The van der Waals surface area contributed by atoms with Crippen molar-refractivity contribution in [3.05, 3.63) is 35.2 Å². The Labute approximate surface area is 140 Å². The van der Waals surface area contributed by atoms with Gasteiger partial charge in [-0.1, -0.05) is 18.2 Å². The molecule has 0 spiro atoms. The molecule has 0 aliphatic carbocycles. The van der Waals surface area contributed by atoms with E-state index in [0.29, 0.717) is 19.4 Å². The lowest BCUT2D eigenvalue weighted by Gasteiger charge is -2.18. The Morgan fingerprint density at radius 2 is 2.00 bits per heavy atom. The fraction of sp³-hybridized carbons (Fsp3) is 0.444. The summed E-state index contributed by atoms with van der Waals surface area (Å²) >= 11 is 1.74. The van der Waals surface area contributed by atoms with Crippen LogP contribution in [0, 0.1) is 5.41 Å². The van der Waals surface area contributed by atoms with Crippen molar-refractivity contribution in [2.45, 2.75) is 39.5 Å². The summed E-state index contributed by atoms with van der Waals surface area (Å²) in [5.74, 6) is -0.846. The number of benzene rings is 1. The van der Waals surface area contributed by atoms with Crippen molar-refractivity contribution >= 4 is 33.3 Å². The summed E-state index contributed by atoms with van der Waals surface area (Å²) in [4.78, 5) is 22.8. The normalized spacial score (nSPS) is 11.6. The number of hydrogen-bond donors (Lipinski definition) is 2. The molecular formula is C18H23NO3S. The molecule has 0 saturated carbocycles. The highest BCUT2D eigenvalue weighted by atomic mass is 32.1. The average molecular weight is 333 g/mol. The number of carboxylic acids is 1. The van der Waals surface area contributed by atoms with Crippen molar-refractivity contribution in [3.8, 4) is 0 Å². The number of carbonyl (C=O) groups is 2. The first-order valence-electron chi connectivity index (χ1n) is 7.85. The third-order valence-corrected chi connectivity index (χ3v) is 5.07. The van der Waals surface area contributed by atoms with Gasteiger partial charge >= 0.3 is 5.97 Å². The van der Waals surface area contributed by atoms with Crippen LogP contribution < -0.4 is 5.32 Å². The third kappa shape index (κ3) is 4.79. The predicted octanol–water partition coefficient (Wildman–Crippen LogP) is 3.84. The minimum Gasteiger partial charge on any atom is -0.481 e. The van der Waals surface area contributed by atoms with Gasteiger partial charge in [-0.05, 0) is 55.5 Å². The third-order valence-electron chi connectivity index (χ3n) is 4.06. The standard InChI is InChI=1S/C18H23NO3S/c1-18(2,17(21)22)10-11-19-16(20)9-5-6-13-12-23-15-8-4-3-7-14(13)15/h3-4,7-8,12H,5-6,9-11H2,1-2H3,(H,19,20)(H,21,22). The molecule has 23 heavy (non-hydrogen) atoms. The minimum absolute atomic E-state index is 0.00859. The molecule has 0 atom stereocenters. The summed E-state index contributed by atoms with van der Waals surface area (Å²) < 4.78 is 1.28. The highest BCUT2D eigenvalue weighted by Gasteiger charge is 2.26. The molecule has 4 nitrogen and oxygen atoms in total. The van der Waals surface area contributed by atoms with Crippen LogP contribution >= 0.6 is 11.3 Å². The molecule has 1 amide bonds. The van der Waals surface area contributed by atoms with Gasteiger partial charge in [-0.25, -0.2) is 0 Å². The molecule has 2 N–H and O–H groups in total. The van der Waals surface area contributed by atoms with Gasteiger partial charge in [0.15, 0.2) is 0 Å². The molecule has 124 valence electrons. The van der Waals surface area contributed by atoms with E-state index in [1.807, 2.05) is 12.1 Å². The van der Waals surface area contributed by atoms with Crippen molar-refractivity contribution < 1.29 is 14.7 Å². The predicted molar refractivity (Wildman–Crippen MR) is 93.8 cm³/mol. The summed E-state index contributed by atoms with van der Waals surface area (Å²) in [6.07, 6.45) is 2.59. The highest BCUT2D eigenvalue weighted by molar-refractivity contribution is 7.17. The number of aliphatic carboxylic acids is 1. The lowest BCUT2D eigenvalue weighted by molar-refractivity contribution is -0.147. The Morgan fingerprint density at radius 1 is 1.26 bits per heavy atom. The van der Waals surface area contributed by atoms with E-state index in [2.05, 4.69) is 22.8 Å². The quantitative estimate of drug-likeness (QED) is 0.771. The second-order valence-corrected chi connectivity index (χ2v) is 7.31. The Hall–Kier alpha value is -1.88. The van der Waals surface area contributed by atoms with Crippen LogP contribution in [0.2, 0.25) is 0 Å². The van der Waals surface area contributed by atoms with E-state index < -0.39 is 11.4 Å². The summed E-state index contributed by atoms with van der Waals surface area (Å²) in [5.41, 5.74) is 0.494. The van der Waals surface area contributed by atoms with Crippen LogP contribution in [0.5, 0.6) is 0 Å². The maximum Gasteiger partial charge on any atom is 0.309 e. The number of fused-ring (bicyclic) bond motifs is 1. The van der Waals surface area contributed by atoms with Gasteiger partial charge in [-0.3, -0.25) is 9.59 Å². The van der Waals surface area contributed by atoms with Crippen LogP contribution in [0.25, 0.3) is 10.1 Å². The van der Waals surface area contributed by atoms with Crippen molar-refractivity contribution in [3.63, 3.8) is 0 Å². The molecule has 1 aromatic carbocycles. The topological polar surface area (TPSA) is 66.4 Å². The maximum absolute atomic E-state index is 11.8. The van der Waals surface area contributed by atoms with Crippen LogP contribution in [-0.2, 0) is 16.0 Å². The van der Waals surface area contributed by atoms with Gasteiger partial charge < -0.3 is 10.4 Å². The van der Waals surface area contributed by atoms with Gasteiger partial charge in [0.05, 0.1) is 5.41 Å². The van der Waals surface area contributed by atoms with E-state index in [-0.39, 0.29) is 5.91 Å². The Balaban J connectivity index is 1.72.